The number of furan rings is 1. The fourth-order valence-electron chi connectivity index (χ4n) is 1.87. The molecule has 0 atom stereocenters. The summed E-state index contributed by atoms with van der Waals surface area (Å²) < 4.78 is 5.01. The topological polar surface area (TPSA) is 100 Å². The molecule has 2 rings (SSSR count). The molecule has 0 aliphatic heterocycles. The molecular formula is C18H21N3O4. The number of carbonyl (C=O) groups excluding carboxylic acids is 3. The SMILES string of the molecule is CC(C)(C)C(=O)NCC(=O)Nc1ccc(NC(=O)c2ccco2)cc1. The fraction of sp³-hybridized carbons (Fsp3) is 0.278. The first-order valence-corrected chi connectivity index (χ1v) is 7.79. The smallest absolute Gasteiger partial charge is 0.291 e. The third-order valence-corrected chi connectivity index (χ3v) is 3.26. The fourth-order valence-corrected chi connectivity index (χ4v) is 1.87. The third kappa shape index (κ3) is 5.49. The number of nitrogens with one attached hydrogen (secondary N) is 3. The van der Waals surface area contributed by atoms with Gasteiger partial charge in [-0.05, 0) is 36.4 Å². The molecule has 7 nitrogen and oxygen atoms in total. The molecule has 3 N–H and O–H groups in total. The van der Waals surface area contributed by atoms with E-state index in [1.165, 1.54) is 6.26 Å². The molecule has 7 heteroatoms. The molecule has 0 saturated heterocycles. The van der Waals surface area contributed by atoms with Gasteiger partial charge in [-0.2, -0.15) is 0 Å². The molecule has 1 heterocycles. The number of rotatable bonds is 5. The molecule has 0 unspecified atom stereocenters. The van der Waals surface area contributed by atoms with Gasteiger partial charge in [0.15, 0.2) is 5.76 Å². The number of benzene rings is 1. The molecule has 132 valence electrons. The van der Waals surface area contributed by atoms with Crippen LogP contribution in [0.5, 0.6) is 0 Å². The van der Waals surface area contributed by atoms with E-state index in [9.17, 15) is 14.4 Å². The molecule has 0 radical (unpaired) electrons. The molecule has 1 aromatic carbocycles. The summed E-state index contributed by atoms with van der Waals surface area (Å²) in [4.78, 5) is 35.4. The first-order chi connectivity index (χ1) is 11.8. The highest BCUT2D eigenvalue weighted by molar-refractivity contribution is 6.02. The minimum absolute atomic E-state index is 0.104. The van der Waals surface area contributed by atoms with Crippen molar-refractivity contribution in [3.63, 3.8) is 0 Å². The molecule has 25 heavy (non-hydrogen) atoms. The molecule has 0 aliphatic carbocycles. The van der Waals surface area contributed by atoms with Gasteiger partial charge in [0, 0.05) is 16.8 Å². The van der Waals surface area contributed by atoms with Gasteiger partial charge >= 0.3 is 0 Å². The van der Waals surface area contributed by atoms with E-state index >= 15 is 0 Å². The molecule has 2 aromatic rings. The van der Waals surface area contributed by atoms with Gasteiger partial charge < -0.3 is 20.4 Å². The lowest BCUT2D eigenvalue weighted by Gasteiger charge is -2.17. The summed E-state index contributed by atoms with van der Waals surface area (Å²) in [6.07, 6.45) is 1.42. The highest BCUT2D eigenvalue weighted by Gasteiger charge is 2.21. The average molecular weight is 343 g/mol. The molecule has 0 aliphatic rings. The highest BCUT2D eigenvalue weighted by atomic mass is 16.3. The monoisotopic (exact) mass is 343 g/mol. The highest BCUT2D eigenvalue weighted by Crippen LogP contribution is 2.15. The van der Waals surface area contributed by atoms with E-state index in [0.717, 1.165) is 0 Å². The van der Waals surface area contributed by atoms with Gasteiger partial charge in [-0.25, -0.2) is 0 Å². The van der Waals surface area contributed by atoms with Crippen LogP contribution in [-0.4, -0.2) is 24.3 Å². The Hall–Kier alpha value is -3.09. The zero-order chi connectivity index (χ0) is 18.4. The Bertz CT molecular complexity index is 744. The Morgan fingerprint density at radius 1 is 0.960 bits per heavy atom. The summed E-state index contributed by atoms with van der Waals surface area (Å²) in [7, 11) is 0. The predicted octanol–water partition coefficient (Wildman–Crippen LogP) is 2.63. The number of anilines is 2. The van der Waals surface area contributed by atoms with Gasteiger partial charge in [-0.3, -0.25) is 14.4 Å². The second-order valence-corrected chi connectivity index (χ2v) is 6.49. The van der Waals surface area contributed by atoms with Crippen molar-refractivity contribution in [2.75, 3.05) is 17.2 Å². The molecule has 0 spiro atoms. The lowest BCUT2D eigenvalue weighted by Crippen LogP contribution is -2.39. The van der Waals surface area contributed by atoms with Crippen molar-refractivity contribution in [2.24, 2.45) is 5.41 Å². The maximum Gasteiger partial charge on any atom is 0.291 e. The Kier molecular flexibility index (Phi) is 5.59. The average Bonchev–Trinajstić information content (AvgIpc) is 3.08. The molecule has 3 amide bonds. The zero-order valence-corrected chi connectivity index (χ0v) is 14.4. The summed E-state index contributed by atoms with van der Waals surface area (Å²) in [5.41, 5.74) is 0.583. The van der Waals surface area contributed by atoms with E-state index in [1.807, 2.05) is 0 Å². The van der Waals surface area contributed by atoms with Crippen LogP contribution in [0.1, 0.15) is 31.3 Å². The van der Waals surface area contributed by atoms with Crippen molar-refractivity contribution in [3.8, 4) is 0 Å². The molecule has 0 bridgehead atoms. The van der Waals surface area contributed by atoms with E-state index in [0.29, 0.717) is 11.4 Å². The maximum atomic E-state index is 11.9. The first kappa shape index (κ1) is 18.3. The number of amides is 3. The van der Waals surface area contributed by atoms with Crippen molar-refractivity contribution in [3.05, 3.63) is 48.4 Å². The Morgan fingerprint density at radius 2 is 1.56 bits per heavy atom. The van der Waals surface area contributed by atoms with Crippen LogP contribution in [0.15, 0.2) is 47.1 Å². The minimum Gasteiger partial charge on any atom is -0.459 e. The van der Waals surface area contributed by atoms with E-state index in [1.54, 1.807) is 57.2 Å². The van der Waals surface area contributed by atoms with Crippen LogP contribution in [0.2, 0.25) is 0 Å². The van der Waals surface area contributed by atoms with Gasteiger partial charge in [0.2, 0.25) is 11.8 Å². The van der Waals surface area contributed by atoms with Gasteiger partial charge in [-0.15, -0.1) is 0 Å². The van der Waals surface area contributed by atoms with Crippen molar-refractivity contribution < 1.29 is 18.8 Å². The Morgan fingerprint density at radius 3 is 2.08 bits per heavy atom. The largest absolute Gasteiger partial charge is 0.459 e. The quantitative estimate of drug-likeness (QED) is 0.777. The van der Waals surface area contributed by atoms with Crippen LogP contribution in [0.4, 0.5) is 11.4 Å². The molecule has 0 fully saturated rings. The van der Waals surface area contributed by atoms with E-state index < -0.39 is 5.41 Å². The number of carbonyl (C=O) groups is 3. The summed E-state index contributed by atoms with van der Waals surface area (Å²) in [6.45, 7) is 5.22. The minimum atomic E-state index is -0.547. The molecular weight excluding hydrogens is 322 g/mol. The zero-order valence-electron chi connectivity index (χ0n) is 14.4. The van der Waals surface area contributed by atoms with Crippen molar-refractivity contribution >= 4 is 29.1 Å². The van der Waals surface area contributed by atoms with E-state index in [4.69, 9.17) is 4.42 Å². The Labute approximate surface area is 145 Å². The maximum absolute atomic E-state index is 11.9. The number of hydrogen-bond acceptors (Lipinski definition) is 4. The van der Waals surface area contributed by atoms with Crippen molar-refractivity contribution in [1.82, 2.24) is 5.32 Å². The summed E-state index contributed by atoms with van der Waals surface area (Å²) in [6, 6.07) is 9.82. The normalized spacial score (nSPS) is 10.8. The molecule has 1 aromatic heterocycles. The van der Waals surface area contributed by atoms with Crippen molar-refractivity contribution in [1.29, 1.82) is 0 Å². The third-order valence-electron chi connectivity index (χ3n) is 3.26. The predicted molar refractivity (Wildman–Crippen MR) is 94.2 cm³/mol. The van der Waals surface area contributed by atoms with Crippen LogP contribution in [0.25, 0.3) is 0 Å². The summed E-state index contributed by atoms with van der Waals surface area (Å²) in [5.74, 6) is -0.665. The van der Waals surface area contributed by atoms with E-state index in [-0.39, 0.29) is 30.0 Å². The van der Waals surface area contributed by atoms with Crippen LogP contribution in [0, 0.1) is 5.41 Å². The summed E-state index contributed by atoms with van der Waals surface area (Å²) >= 11 is 0. The van der Waals surface area contributed by atoms with Gasteiger partial charge in [0.05, 0.1) is 12.8 Å². The van der Waals surface area contributed by atoms with Crippen LogP contribution < -0.4 is 16.0 Å². The lowest BCUT2D eigenvalue weighted by molar-refractivity contribution is -0.130. The first-order valence-electron chi connectivity index (χ1n) is 7.79. The van der Waals surface area contributed by atoms with Crippen LogP contribution in [0.3, 0.4) is 0 Å². The van der Waals surface area contributed by atoms with Gasteiger partial charge in [0.25, 0.3) is 5.91 Å². The van der Waals surface area contributed by atoms with Gasteiger partial charge in [-0.1, -0.05) is 20.8 Å². The van der Waals surface area contributed by atoms with E-state index in [2.05, 4.69) is 16.0 Å². The standard InChI is InChI=1S/C18H21N3O4/c1-18(2,3)17(24)19-11-15(22)20-12-6-8-13(9-7-12)21-16(23)14-5-4-10-25-14/h4-10H,11H2,1-3H3,(H,19,24)(H,20,22)(H,21,23). The van der Waals surface area contributed by atoms with Crippen LogP contribution >= 0.6 is 0 Å². The number of hydrogen-bond donors (Lipinski definition) is 3. The van der Waals surface area contributed by atoms with Crippen LogP contribution in [-0.2, 0) is 9.59 Å². The second-order valence-electron chi connectivity index (χ2n) is 6.49. The van der Waals surface area contributed by atoms with Gasteiger partial charge in [0.1, 0.15) is 0 Å². The van der Waals surface area contributed by atoms with Crippen molar-refractivity contribution in [2.45, 2.75) is 20.8 Å². The molecule has 0 saturated carbocycles. The summed E-state index contributed by atoms with van der Waals surface area (Å²) in [5, 5.41) is 7.93. The Balaban J connectivity index is 1.84. The lowest BCUT2D eigenvalue weighted by atomic mass is 9.96. The second kappa shape index (κ2) is 7.65.